The van der Waals surface area contributed by atoms with Crippen LogP contribution in [0.2, 0.25) is 0 Å². The van der Waals surface area contributed by atoms with E-state index in [0.29, 0.717) is 16.9 Å². The highest BCUT2D eigenvalue weighted by atomic mass is 16.1. The third-order valence-corrected chi connectivity index (χ3v) is 4.91. The Hall–Kier alpha value is -3.14. The number of rotatable bonds is 4. The number of ketones is 2. The molecule has 0 fully saturated rings. The predicted octanol–water partition coefficient (Wildman–Crippen LogP) is 4.09. The lowest BCUT2D eigenvalue weighted by Gasteiger charge is -2.24. The standard InChI is InChI=1S/C22H22N2O2/c1-15-16(2)24(4)22(23(15)3)19(20(25)17-11-7-5-8-12-17)21(26)18-13-9-6-10-14-18/h5-14H,1-4H3. The third kappa shape index (κ3) is 2.94. The van der Waals surface area contributed by atoms with Crippen LogP contribution in [0.4, 0.5) is 0 Å². The van der Waals surface area contributed by atoms with Crippen molar-refractivity contribution in [1.82, 2.24) is 9.80 Å². The van der Waals surface area contributed by atoms with Crippen molar-refractivity contribution in [2.24, 2.45) is 0 Å². The van der Waals surface area contributed by atoms with Gasteiger partial charge in [-0.25, -0.2) is 0 Å². The van der Waals surface area contributed by atoms with E-state index < -0.39 is 0 Å². The van der Waals surface area contributed by atoms with Gasteiger partial charge >= 0.3 is 0 Å². The van der Waals surface area contributed by atoms with E-state index in [2.05, 4.69) is 0 Å². The van der Waals surface area contributed by atoms with E-state index in [0.717, 1.165) is 11.4 Å². The van der Waals surface area contributed by atoms with E-state index in [4.69, 9.17) is 0 Å². The van der Waals surface area contributed by atoms with Gasteiger partial charge in [0.1, 0.15) is 11.4 Å². The molecule has 0 bridgehead atoms. The van der Waals surface area contributed by atoms with E-state index in [9.17, 15) is 9.59 Å². The minimum absolute atomic E-state index is 0.184. The van der Waals surface area contributed by atoms with Crippen LogP contribution in [0.5, 0.6) is 0 Å². The maximum Gasteiger partial charge on any atom is 0.200 e. The highest BCUT2D eigenvalue weighted by molar-refractivity contribution is 6.31. The monoisotopic (exact) mass is 346 g/mol. The van der Waals surface area contributed by atoms with Crippen LogP contribution in [0, 0.1) is 0 Å². The summed E-state index contributed by atoms with van der Waals surface area (Å²) in [6, 6.07) is 17.9. The summed E-state index contributed by atoms with van der Waals surface area (Å²) in [5.74, 6) is 0.0778. The zero-order valence-corrected chi connectivity index (χ0v) is 15.5. The first-order chi connectivity index (χ1) is 12.4. The molecule has 0 amide bonds. The second-order valence-corrected chi connectivity index (χ2v) is 6.38. The molecule has 4 nitrogen and oxygen atoms in total. The predicted molar refractivity (Wildman–Crippen MR) is 102 cm³/mol. The molecule has 1 heterocycles. The Morgan fingerprint density at radius 1 is 0.654 bits per heavy atom. The van der Waals surface area contributed by atoms with Crippen LogP contribution in [0.25, 0.3) is 0 Å². The van der Waals surface area contributed by atoms with Gasteiger partial charge in [-0.2, -0.15) is 0 Å². The second-order valence-electron chi connectivity index (χ2n) is 6.38. The van der Waals surface area contributed by atoms with Gasteiger partial charge in [-0.1, -0.05) is 60.7 Å². The molecule has 2 aromatic rings. The van der Waals surface area contributed by atoms with Gasteiger partial charge in [0.05, 0.1) is 0 Å². The van der Waals surface area contributed by atoms with Crippen LogP contribution in [-0.4, -0.2) is 35.5 Å². The summed E-state index contributed by atoms with van der Waals surface area (Å²) in [4.78, 5) is 30.4. The molecule has 132 valence electrons. The third-order valence-electron chi connectivity index (χ3n) is 4.91. The Morgan fingerprint density at radius 2 is 1.00 bits per heavy atom. The minimum Gasteiger partial charge on any atom is -0.332 e. The number of allylic oxidation sites excluding steroid dienone is 3. The van der Waals surface area contributed by atoms with Gasteiger partial charge in [0.15, 0.2) is 0 Å². The van der Waals surface area contributed by atoms with Crippen molar-refractivity contribution in [3.63, 3.8) is 0 Å². The molecule has 1 aliphatic rings. The van der Waals surface area contributed by atoms with Crippen molar-refractivity contribution < 1.29 is 9.59 Å². The maximum absolute atomic E-state index is 13.3. The van der Waals surface area contributed by atoms with E-state index in [1.807, 2.05) is 49.9 Å². The Bertz CT molecular complexity index is 838. The van der Waals surface area contributed by atoms with Gasteiger partial charge in [-0.3, -0.25) is 9.59 Å². The molecular formula is C22H22N2O2. The fourth-order valence-electron chi connectivity index (χ4n) is 3.14. The molecule has 0 saturated heterocycles. The number of nitrogens with zero attached hydrogens (tertiary/aromatic N) is 2. The van der Waals surface area contributed by atoms with E-state index in [1.54, 1.807) is 48.5 Å². The van der Waals surface area contributed by atoms with Crippen molar-refractivity contribution in [2.75, 3.05) is 14.1 Å². The first kappa shape index (κ1) is 17.7. The normalized spacial score (nSPS) is 14.1. The van der Waals surface area contributed by atoms with Gasteiger partial charge < -0.3 is 9.80 Å². The largest absolute Gasteiger partial charge is 0.332 e. The average molecular weight is 346 g/mol. The Labute approximate surface area is 154 Å². The number of carbonyl (C=O) groups excluding carboxylic acids is 2. The summed E-state index contributed by atoms with van der Waals surface area (Å²) in [5.41, 5.74) is 3.22. The molecule has 0 saturated carbocycles. The first-order valence-electron chi connectivity index (χ1n) is 8.52. The number of carbonyl (C=O) groups is 2. The van der Waals surface area contributed by atoms with Gasteiger partial charge in [-0.15, -0.1) is 0 Å². The SMILES string of the molecule is CC1=C(C)N(C)C(=C(C(=O)c2ccccc2)C(=O)c2ccccc2)N1C. The molecule has 0 radical (unpaired) electrons. The molecule has 0 spiro atoms. The number of hydrogen-bond donors (Lipinski definition) is 0. The van der Waals surface area contributed by atoms with Crippen molar-refractivity contribution in [3.05, 3.63) is 94.6 Å². The molecule has 2 aromatic carbocycles. The van der Waals surface area contributed by atoms with Crippen LogP contribution >= 0.6 is 0 Å². The molecule has 4 heteroatoms. The molecule has 3 rings (SSSR count). The molecular weight excluding hydrogens is 324 g/mol. The van der Waals surface area contributed by atoms with Crippen molar-refractivity contribution in [3.8, 4) is 0 Å². The van der Waals surface area contributed by atoms with Crippen LogP contribution < -0.4 is 0 Å². The lowest BCUT2D eigenvalue weighted by atomic mass is 9.95. The van der Waals surface area contributed by atoms with Crippen LogP contribution in [0.1, 0.15) is 34.6 Å². The topological polar surface area (TPSA) is 40.6 Å². The number of benzene rings is 2. The first-order valence-corrected chi connectivity index (χ1v) is 8.52. The van der Waals surface area contributed by atoms with Gasteiger partial charge in [0.25, 0.3) is 0 Å². The molecule has 0 atom stereocenters. The molecule has 0 aromatic heterocycles. The molecule has 0 unspecified atom stereocenters. The summed E-state index contributed by atoms with van der Waals surface area (Å²) >= 11 is 0. The van der Waals surface area contributed by atoms with Crippen LogP contribution in [0.15, 0.2) is 83.5 Å². The maximum atomic E-state index is 13.3. The molecule has 0 N–H and O–H groups in total. The van der Waals surface area contributed by atoms with Crippen molar-refractivity contribution in [1.29, 1.82) is 0 Å². The van der Waals surface area contributed by atoms with E-state index in [1.165, 1.54) is 0 Å². The second kappa shape index (κ2) is 7.00. The lowest BCUT2D eigenvalue weighted by molar-refractivity contribution is 0.0953. The average Bonchev–Trinajstić information content (AvgIpc) is 2.87. The molecule has 1 aliphatic heterocycles. The Morgan fingerprint density at radius 3 is 1.35 bits per heavy atom. The fraction of sp³-hybridized carbons (Fsp3) is 0.182. The van der Waals surface area contributed by atoms with Crippen molar-refractivity contribution >= 4 is 11.6 Å². The smallest absolute Gasteiger partial charge is 0.200 e. The highest BCUT2D eigenvalue weighted by Crippen LogP contribution is 2.33. The fourth-order valence-corrected chi connectivity index (χ4v) is 3.14. The quantitative estimate of drug-likeness (QED) is 0.362. The number of Topliss-reactive ketones (excluding diaryl/α,β-unsaturated/α-hetero) is 2. The highest BCUT2D eigenvalue weighted by Gasteiger charge is 2.34. The van der Waals surface area contributed by atoms with E-state index >= 15 is 0 Å². The summed E-state index contributed by atoms with van der Waals surface area (Å²) in [7, 11) is 3.77. The van der Waals surface area contributed by atoms with Gasteiger partial charge in [0, 0.05) is 36.6 Å². The van der Waals surface area contributed by atoms with Crippen LogP contribution in [-0.2, 0) is 0 Å². The summed E-state index contributed by atoms with van der Waals surface area (Å²) < 4.78 is 0. The molecule has 0 aliphatic carbocycles. The van der Waals surface area contributed by atoms with Gasteiger partial charge in [0.2, 0.25) is 11.6 Å². The lowest BCUT2D eigenvalue weighted by Crippen LogP contribution is -2.27. The Balaban J connectivity index is 2.20. The zero-order chi connectivity index (χ0) is 18.8. The van der Waals surface area contributed by atoms with Gasteiger partial charge in [-0.05, 0) is 13.8 Å². The minimum atomic E-state index is -0.268. The molecule has 26 heavy (non-hydrogen) atoms. The summed E-state index contributed by atoms with van der Waals surface area (Å²) in [6.45, 7) is 3.97. The summed E-state index contributed by atoms with van der Waals surface area (Å²) in [6.07, 6.45) is 0. The summed E-state index contributed by atoms with van der Waals surface area (Å²) in [5, 5.41) is 0. The van der Waals surface area contributed by atoms with Crippen molar-refractivity contribution in [2.45, 2.75) is 13.8 Å². The Kier molecular flexibility index (Phi) is 4.76. The van der Waals surface area contributed by atoms with Crippen LogP contribution in [0.3, 0.4) is 0 Å². The zero-order valence-electron chi connectivity index (χ0n) is 15.5. The number of hydrogen-bond acceptors (Lipinski definition) is 4. The van der Waals surface area contributed by atoms with E-state index in [-0.39, 0.29) is 17.1 Å².